The van der Waals surface area contributed by atoms with Crippen LogP contribution < -0.4 is 4.74 Å². The zero-order chi connectivity index (χ0) is 13.2. The molecule has 18 heavy (non-hydrogen) atoms. The van der Waals surface area contributed by atoms with E-state index in [1.165, 1.54) is 12.8 Å². The van der Waals surface area contributed by atoms with Crippen LogP contribution in [0.4, 0.5) is 0 Å². The van der Waals surface area contributed by atoms with Crippen LogP contribution in [-0.4, -0.2) is 24.2 Å². The van der Waals surface area contributed by atoms with Crippen molar-refractivity contribution >= 4 is 28.6 Å². The van der Waals surface area contributed by atoms with Crippen molar-refractivity contribution in [3.05, 3.63) is 21.4 Å². The molecular weight excluding hydrogens is 345 g/mol. The molecule has 1 aliphatic carbocycles. The minimum absolute atomic E-state index is 0.259. The van der Waals surface area contributed by atoms with E-state index in [2.05, 4.69) is 34.5 Å². The molecule has 0 unspecified atom stereocenters. The number of carbonyl (C=O) groups is 1. The molecule has 1 aromatic rings. The van der Waals surface area contributed by atoms with Gasteiger partial charge in [0.05, 0.1) is 13.2 Å². The highest BCUT2D eigenvalue weighted by Crippen LogP contribution is 2.45. The first-order chi connectivity index (χ1) is 8.56. The summed E-state index contributed by atoms with van der Waals surface area (Å²) in [6, 6.07) is 1.78. The van der Waals surface area contributed by atoms with Crippen molar-refractivity contribution in [2.75, 3.05) is 13.2 Å². The number of pyridine rings is 1. The number of esters is 1. The van der Waals surface area contributed by atoms with Gasteiger partial charge < -0.3 is 9.47 Å². The molecule has 0 radical (unpaired) electrons. The summed E-state index contributed by atoms with van der Waals surface area (Å²) in [5.41, 5.74) is 0.693. The molecule has 0 spiro atoms. The summed E-state index contributed by atoms with van der Waals surface area (Å²) in [5, 5.41) is 0. The van der Waals surface area contributed by atoms with Gasteiger partial charge in [0.15, 0.2) is 0 Å². The molecule has 0 saturated heterocycles. The monoisotopic (exact) mass is 361 g/mol. The Labute approximate surface area is 120 Å². The molecule has 0 aliphatic heterocycles. The normalized spacial score (nSPS) is 16.2. The number of hydrogen-bond donors (Lipinski definition) is 0. The average Bonchev–Trinajstić information content (AvgIpc) is 3.05. The molecule has 1 heterocycles. The maximum atomic E-state index is 11.9. The number of rotatable bonds is 5. The van der Waals surface area contributed by atoms with Crippen molar-refractivity contribution in [3.8, 4) is 5.88 Å². The Bertz CT molecular complexity index is 458. The van der Waals surface area contributed by atoms with Crippen LogP contribution in [0, 0.1) is 8.99 Å². The van der Waals surface area contributed by atoms with E-state index in [9.17, 15) is 4.79 Å². The predicted molar refractivity (Wildman–Crippen MR) is 75.7 cm³/mol. The minimum Gasteiger partial charge on any atom is -0.476 e. The van der Waals surface area contributed by atoms with E-state index < -0.39 is 0 Å². The Kier molecular flexibility index (Phi) is 4.09. The van der Waals surface area contributed by atoms with Crippen LogP contribution >= 0.6 is 22.6 Å². The van der Waals surface area contributed by atoms with Crippen LogP contribution in [0.1, 0.15) is 37.0 Å². The molecule has 0 bridgehead atoms. The number of halogens is 1. The fourth-order valence-electron chi connectivity index (χ4n) is 1.52. The second-order valence-electron chi connectivity index (χ2n) is 4.79. The summed E-state index contributed by atoms with van der Waals surface area (Å²) in [6.45, 7) is 4.91. The van der Waals surface area contributed by atoms with E-state index in [1.54, 1.807) is 19.2 Å². The van der Waals surface area contributed by atoms with Gasteiger partial charge in [-0.2, -0.15) is 0 Å². The Morgan fingerprint density at radius 2 is 2.28 bits per heavy atom. The first-order valence-corrected chi connectivity index (χ1v) is 7.08. The molecule has 0 aromatic carbocycles. The molecule has 2 rings (SSSR count). The molecule has 1 saturated carbocycles. The van der Waals surface area contributed by atoms with Crippen LogP contribution in [0.3, 0.4) is 0 Å². The standard InChI is InChI=1S/C13H16INO3/c1-3-17-12(16)10-9(14)4-7-15-11(10)18-8-13(2)5-6-13/h4,7H,3,5-6,8H2,1-2H3. The highest BCUT2D eigenvalue weighted by atomic mass is 127. The summed E-state index contributed by atoms with van der Waals surface area (Å²) >= 11 is 2.10. The Morgan fingerprint density at radius 1 is 1.56 bits per heavy atom. The van der Waals surface area contributed by atoms with Gasteiger partial charge in [0.2, 0.25) is 5.88 Å². The zero-order valence-corrected chi connectivity index (χ0v) is 12.7. The first-order valence-electron chi connectivity index (χ1n) is 6.00. The summed E-state index contributed by atoms with van der Waals surface area (Å²) < 4.78 is 11.5. The predicted octanol–water partition coefficient (Wildman–Crippen LogP) is 3.04. The van der Waals surface area contributed by atoms with E-state index >= 15 is 0 Å². The van der Waals surface area contributed by atoms with Crippen LogP contribution in [-0.2, 0) is 4.74 Å². The van der Waals surface area contributed by atoms with Crippen molar-refractivity contribution in [3.63, 3.8) is 0 Å². The van der Waals surface area contributed by atoms with E-state index in [-0.39, 0.29) is 11.4 Å². The number of carbonyl (C=O) groups excluding carboxylic acids is 1. The van der Waals surface area contributed by atoms with Crippen molar-refractivity contribution in [1.29, 1.82) is 0 Å². The number of aromatic nitrogens is 1. The molecule has 1 aromatic heterocycles. The fourth-order valence-corrected chi connectivity index (χ4v) is 2.13. The number of ether oxygens (including phenoxy) is 2. The molecule has 0 atom stereocenters. The number of hydrogen-bond acceptors (Lipinski definition) is 4. The summed E-state index contributed by atoms with van der Waals surface area (Å²) in [5.74, 6) is 0.0134. The second-order valence-corrected chi connectivity index (χ2v) is 5.95. The van der Waals surface area contributed by atoms with Gasteiger partial charge in [0.25, 0.3) is 0 Å². The Hall–Kier alpha value is -0.850. The van der Waals surface area contributed by atoms with Crippen molar-refractivity contribution in [2.45, 2.75) is 26.7 Å². The van der Waals surface area contributed by atoms with Gasteiger partial charge in [-0.15, -0.1) is 0 Å². The molecule has 0 amide bonds. The molecule has 1 fully saturated rings. The van der Waals surface area contributed by atoms with E-state index in [1.807, 2.05) is 0 Å². The maximum absolute atomic E-state index is 11.9. The third kappa shape index (κ3) is 3.13. The Morgan fingerprint density at radius 3 is 2.89 bits per heavy atom. The lowest BCUT2D eigenvalue weighted by molar-refractivity contribution is 0.0518. The second kappa shape index (κ2) is 5.42. The molecule has 4 nitrogen and oxygen atoms in total. The smallest absolute Gasteiger partial charge is 0.344 e. The van der Waals surface area contributed by atoms with E-state index in [0.29, 0.717) is 24.7 Å². The molecule has 1 aliphatic rings. The SMILES string of the molecule is CCOC(=O)c1c(I)ccnc1OCC1(C)CC1. The molecular formula is C13H16INO3. The van der Waals surface area contributed by atoms with Gasteiger partial charge in [-0.1, -0.05) is 6.92 Å². The van der Waals surface area contributed by atoms with E-state index in [4.69, 9.17) is 9.47 Å². The third-order valence-electron chi connectivity index (χ3n) is 3.01. The lowest BCUT2D eigenvalue weighted by atomic mass is 10.2. The third-order valence-corrected chi connectivity index (χ3v) is 3.90. The van der Waals surface area contributed by atoms with Gasteiger partial charge in [-0.05, 0) is 48.4 Å². The molecule has 0 N–H and O–H groups in total. The summed E-state index contributed by atoms with van der Waals surface area (Å²) in [6.07, 6.45) is 3.99. The quantitative estimate of drug-likeness (QED) is 0.598. The van der Waals surface area contributed by atoms with Crippen LogP contribution in [0.5, 0.6) is 5.88 Å². The van der Waals surface area contributed by atoms with Gasteiger partial charge in [0.1, 0.15) is 5.56 Å². The number of nitrogens with zero attached hydrogens (tertiary/aromatic N) is 1. The fraction of sp³-hybridized carbons (Fsp3) is 0.538. The lowest BCUT2D eigenvalue weighted by Crippen LogP contribution is -2.15. The van der Waals surface area contributed by atoms with Crippen LogP contribution in [0.15, 0.2) is 12.3 Å². The first kappa shape index (κ1) is 13.6. The van der Waals surface area contributed by atoms with Gasteiger partial charge in [-0.25, -0.2) is 9.78 Å². The van der Waals surface area contributed by atoms with Gasteiger partial charge in [-0.3, -0.25) is 0 Å². The van der Waals surface area contributed by atoms with Crippen molar-refractivity contribution in [2.24, 2.45) is 5.41 Å². The topological polar surface area (TPSA) is 48.4 Å². The van der Waals surface area contributed by atoms with Gasteiger partial charge in [0, 0.05) is 15.2 Å². The van der Waals surface area contributed by atoms with Crippen LogP contribution in [0.25, 0.3) is 0 Å². The van der Waals surface area contributed by atoms with E-state index in [0.717, 1.165) is 3.57 Å². The highest BCUT2D eigenvalue weighted by Gasteiger charge is 2.38. The van der Waals surface area contributed by atoms with Gasteiger partial charge >= 0.3 is 5.97 Å². The average molecular weight is 361 g/mol. The summed E-state index contributed by atoms with van der Waals surface area (Å²) in [4.78, 5) is 16.0. The van der Waals surface area contributed by atoms with Crippen LogP contribution in [0.2, 0.25) is 0 Å². The Balaban J connectivity index is 2.17. The zero-order valence-electron chi connectivity index (χ0n) is 10.5. The minimum atomic E-state index is -0.369. The lowest BCUT2D eigenvalue weighted by Gasteiger charge is -2.13. The van der Waals surface area contributed by atoms with Crippen molar-refractivity contribution < 1.29 is 14.3 Å². The maximum Gasteiger partial charge on any atom is 0.344 e. The van der Waals surface area contributed by atoms with Crippen molar-refractivity contribution in [1.82, 2.24) is 4.98 Å². The largest absolute Gasteiger partial charge is 0.476 e. The summed E-state index contributed by atoms with van der Waals surface area (Å²) in [7, 11) is 0. The highest BCUT2D eigenvalue weighted by molar-refractivity contribution is 14.1. The molecule has 98 valence electrons. The molecule has 5 heteroatoms.